The quantitative estimate of drug-likeness (QED) is 0.768. The lowest BCUT2D eigenvalue weighted by Crippen LogP contribution is -1.86. The Morgan fingerprint density at radius 1 is 1.00 bits per heavy atom. The van der Waals surface area contributed by atoms with Gasteiger partial charge in [-0.2, -0.15) is 5.26 Å². The van der Waals surface area contributed by atoms with Crippen LogP contribution in [0.4, 0.5) is 0 Å². The van der Waals surface area contributed by atoms with Gasteiger partial charge in [-0.25, -0.2) is 0 Å². The number of benzene rings is 1. The molecule has 84 valence electrons. The smallest absolute Gasteiger partial charge is 0.101 e. The number of hydrogen-bond acceptors (Lipinski definition) is 2. The predicted molar refractivity (Wildman–Crippen MR) is 69.4 cm³/mol. The third-order valence-corrected chi connectivity index (χ3v) is 2.98. The van der Waals surface area contributed by atoms with Crippen LogP contribution in [0.1, 0.15) is 5.56 Å². The van der Waals surface area contributed by atoms with E-state index >= 15 is 0 Å². The number of rotatable bonds is 1. The van der Waals surface area contributed by atoms with Crippen molar-refractivity contribution in [3.8, 4) is 17.2 Å². The van der Waals surface area contributed by atoms with Gasteiger partial charge >= 0.3 is 0 Å². The van der Waals surface area contributed by atoms with E-state index in [1.165, 1.54) is 6.20 Å². The van der Waals surface area contributed by atoms with E-state index < -0.39 is 0 Å². The van der Waals surface area contributed by atoms with Crippen LogP contribution in [0.3, 0.4) is 0 Å². The highest BCUT2D eigenvalue weighted by Crippen LogP contribution is 2.36. The number of nitrogens with zero attached hydrogens (tertiary/aromatic N) is 2. The first-order valence-electron chi connectivity index (χ1n) is 4.62. The summed E-state index contributed by atoms with van der Waals surface area (Å²) in [5.41, 5.74) is 1.77. The normalized spacial score (nSPS) is 10.0. The Labute approximate surface area is 113 Å². The molecule has 0 atom stereocenters. The van der Waals surface area contributed by atoms with Gasteiger partial charge < -0.3 is 0 Å². The van der Waals surface area contributed by atoms with Crippen LogP contribution in [0.15, 0.2) is 30.6 Å². The minimum Gasteiger partial charge on any atom is -0.263 e. The topological polar surface area (TPSA) is 36.7 Å². The molecule has 1 heterocycles. The summed E-state index contributed by atoms with van der Waals surface area (Å²) in [5, 5.41) is 10.1. The summed E-state index contributed by atoms with van der Waals surface area (Å²) in [6.07, 6.45) is 3.07. The van der Waals surface area contributed by atoms with E-state index in [0.717, 1.165) is 0 Å². The van der Waals surface area contributed by atoms with Crippen LogP contribution in [-0.2, 0) is 0 Å². The van der Waals surface area contributed by atoms with Crippen molar-refractivity contribution < 1.29 is 0 Å². The molecule has 0 aliphatic carbocycles. The molecule has 0 saturated heterocycles. The zero-order valence-corrected chi connectivity index (χ0v) is 10.7. The Hall–Kier alpha value is -1.27. The average Bonchev–Trinajstić information content (AvgIpc) is 2.28. The van der Waals surface area contributed by atoms with Crippen molar-refractivity contribution in [2.75, 3.05) is 0 Å². The molecule has 5 heteroatoms. The highest BCUT2D eigenvalue weighted by molar-refractivity contribution is 6.41. The lowest BCUT2D eigenvalue weighted by Gasteiger charge is -2.07. The summed E-state index contributed by atoms with van der Waals surface area (Å²) in [6.45, 7) is 0. The van der Waals surface area contributed by atoms with Crippen LogP contribution in [0.25, 0.3) is 11.1 Å². The van der Waals surface area contributed by atoms with Crippen molar-refractivity contribution in [1.82, 2.24) is 4.98 Å². The van der Waals surface area contributed by atoms with Crippen molar-refractivity contribution in [2.45, 2.75) is 0 Å². The van der Waals surface area contributed by atoms with Crippen LogP contribution >= 0.6 is 34.8 Å². The summed E-state index contributed by atoms with van der Waals surface area (Å²) in [5.74, 6) is 0. The van der Waals surface area contributed by atoms with E-state index in [9.17, 15) is 0 Å². The zero-order valence-electron chi connectivity index (χ0n) is 8.42. The van der Waals surface area contributed by atoms with Crippen molar-refractivity contribution >= 4 is 34.8 Å². The Bertz CT molecular complexity index is 594. The molecule has 0 amide bonds. The molecule has 1 aromatic heterocycles. The van der Waals surface area contributed by atoms with Gasteiger partial charge in [0.25, 0.3) is 0 Å². The van der Waals surface area contributed by atoms with E-state index in [2.05, 4.69) is 4.98 Å². The highest BCUT2D eigenvalue weighted by atomic mass is 35.5. The second-order valence-corrected chi connectivity index (χ2v) is 4.57. The monoisotopic (exact) mass is 282 g/mol. The molecule has 0 fully saturated rings. The maximum Gasteiger partial charge on any atom is 0.101 e. The third-order valence-electron chi connectivity index (χ3n) is 2.16. The van der Waals surface area contributed by atoms with Gasteiger partial charge in [0.15, 0.2) is 0 Å². The van der Waals surface area contributed by atoms with Crippen LogP contribution in [0.2, 0.25) is 15.1 Å². The van der Waals surface area contributed by atoms with E-state index in [1.807, 2.05) is 6.07 Å². The van der Waals surface area contributed by atoms with Gasteiger partial charge in [0.05, 0.1) is 15.6 Å². The highest BCUT2D eigenvalue weighted by Gasteiger charge is 2.11. The van der Waals surface area contributed by atoms with Gasteiger partial charge in [-0.3, -0.25) is 4.98 Å². The average molecular weight is 284 g/mol. The summed E-state index contributed by atoms with van der Waals surface area (Å²) in [7, 11) is 0. The molecule has 17 heavy (non-hydrogen) atoms. The van der Waals surface area contributed by atoms with Crippen molar-refractivity contribution in [3.05, 3.63) is 51.2 Å². The summed E-state index contributed by atoms with van der Waals surface area (Å²) in [4.78, 5) is 3.96. The minimum absolute atomic E-state index is 0.430. The fraction of sp³-hybridized carbons (Fsp3) is 0. The molecule has 2 rings (SSSR count). The molecule has 0 radical (unpaired) electrons. The van der Waals surface area contributed by atoms with Gasteiger partial charge in [-0.1, -0.05) is 34.8 Å². The number of halogens is 3. The second kappa shape index (κ2) is 4.93. The van der Waals surface area contributed by atoms with Crippen LogP contribution < -0.4 is 0 Å². The van der Waals surface area contributed by atoms with Crippen molar-refractivity contribution in [1.29, 1.82) is 5.26 Å². The molecule has 0 N–H and O–H groups in total. The van der Waals surface area contributed by atoms with Gasteiger partial charge in [0.2, 0.25) is 0 Å². The molecular formula is C12H5Cl3N2. The lowest BCUT2D eigenvalue weighted by atomic mass is 10.1. The number of nitriles is 1. The van der Waals surface area contributed by atoms with Gasteiger partial charge in [-0.15, -0.1) is 0 Å². The van der Waals surface area contributed by atoms with Crippen LogP contribution in [0.5, 0.6) is 0 Å². The summed E-state index contributed by atoms with van der Waals surface area (Å²) < 4.78 is 0. The molecule has 2 nitrogen and oxygen atoms in total. The van der Waals surface area contributed by atoms with Crippen LogP contribution in [0, 0.1) is 11.3 Å². The first-order chi connectivity index (χ1) is 8.11. The fourth-order valence-electron chi connectivity index (χ4n) is 1.46. The molecular weight excluding hydrogens is 279 g/mol. The lowest BCUT2D eigenvalue weighted by molar-refractivity contribution is 1.30. The zero-order chi connectivity index (χ0) is 12.4. The van der Waals surface area contributed by atoms with Crippen molar-refractivity contribution in [3.63, 3.8) is 0 Å². The predicted octanol–water partition coefficient (Wildman–Crippen LogP) is 4.58. The fourth-order valence-corrected chi connectivity index (χ4v) is 2.49. The maximum atomic E-state index is 8.81. The molecule has 0 aliphatic rings. The Balaban J connectivity index is 2.65. The Kier molecular flexibility index (Phi) is 3.54. The van der Waals surface area contributed by atoms with Crippen molar-refractivity contribution in [2.24, 2.45) is 0 Å². The van der Waals surface area contributed by atoms with E-state index in [-0.39, 0.29) is 0 Å². The molecule has 0 saturated carbocycles. The molecule has 0 aliphatic heterocycles. The van der Waals surface area contributed by atoms with Crippen LogP contribution in [-0.4, -0.2) is 4.98 Å². The first kappa shape index (κ1) is 12.2. The first-order valence-corrected chi connectivity index (χ1v) is 5.75. The maximum absolute atomic E-state index is 8.81. The van der Waals surface area contributed by atoms with E-state index in [0.29, 0.717) is 31.8 Å². The molecule has 2 aromatic rings. The van der Waals surface area contributed by atoms with Gasteiger partial charge in [0, 0.05) is 28.5 Å². The van der Waals surface area contributed by atoms with E-state index in [4.69, 9.17) is 40.1 Å². The number of aromatic nitrogens is 1. The van der Waals surface area contributed by atoms with Gasteiger partial charge in [0.1, 0.15) is 6.07 Å². The number of pyridine rings is 1. The molecule has 0 spiro atoms. The largest absolute Gasteiger partial charge is 0.263 e. The Morgan fingerprint density at radius 3 is 2.24 bits per heavy atom. The second-order valence-electron chi connectivity index (χ2n) is 3.32. The molecule has 1 aromatic carbocycles. The minimum atomic E-state index is 0.430. The summed E-state index contributed by atoms with van der Waals surface area (Å²) in [6, 6.07) is 6.89. The number of hydrogen-bond donors (Lipinski definition) is 0. The summed E-state index contributed by atoms with van der Waals surface area (Å²) >= 11 is 18.0. The van der Waals surface area contributed by atoms with E-state index in [1.54, 1.807) is 24.4 Å². The SMILES string of the molecule is N#Cc1cncc(-c2c(Cl)cc(Cl)cc2Cl)c1. The Morgan fingerprint density at radius 2 is 1.65 bits per heavy atom. The van der Waals surface area contributed by atoms with Gasteiger partial charge in [-0.05, 0) is 18.2 Å². The molecule has 0 unspecified atom stereocenters. The standard InChI is InChI=1S/C12H5Cl3N2/c13-9-2-10(14)12(11(15)3-9)8-1-7(4-16)5-17-6-8/h1-3,5-6H. The molecule has 0 bridgehead atoms. The third kappa shape index (κ3) is 2.53.